The van der Waals surface area contributed by atoms with E-state index in [-0.39, 0.29) is 57.4 Å². The third-order valence-electron chi connectivity index (χ3n) is 8.87. The molecule has 45 heavy (non-hydrogen) atoms. The van der Waals surface area contributed by atoms with Crippen LogP contribution >= 0.6 is 27.5 Å². The van der Waals surface area contributed by atoms with Crippen molar-refractivity contribution in [3.8, 4) is 11.5 Å². The number of phenols is 1. The molecule has 0 radical (unpaired) electrons. The number of anilines is 1. The Morgan fingerprint density at radius 2 is 1.84 bits per heavy atom. The van der Waals surface area contributed by atoms with Gasteiger partial charge in [-0.3, -0.25) is 24.2 Å². The van der Waals surface area contributed by atoms with Gasteiger partial charge in [0.2, 0.25) is 0 Å². The highest BCUT2D eigenvalue weighted by molar-refractivity contribution is 9.10. The minimum absolute atomic E-state index is 0.0295. The molecule has 2 amide bonds. The molecule has 1 aromatic heterocycles. The number of aromatic nitrogens is 1. The zero-order valence-corrected chi connectivity index (χ0v) is 26.2. The van der Waals surface area contributed by atoms with Gasteiger partial charge in [0.15, 0.2) is 28.9 Å². The molecule has 1 aliphatic heterocycles. The van der Waals surface area contributed by atoms with Crippen LogP contribution in [0.15, 0.2) is 63.2 Å². The number of amides is 2. The number of alkyl halides is 3. The van der Waals surface area contributed by atoms with Crippen LogP contribution < -0.4 is 9.75 Å². The number of aromatic hydroxyl groups is 1. The normalized spacial score (nSPS) is 24.7. The van der Waals surface area contributed by atoms with E-state index in [2.05, 4.69) is 20.9 Å². The number of methoxy groups -OCH3 is 1. The van der Waals surface area contributed by atoms with Crippen molar-refractivity contribution in [3.05, 3.63) is 79.5 Å². The molecule has 234 valence electrons. The van der Waals surface area contributed by atoms with Gasteiger partial charge < -0.3 is 9.84 Å². The summed E-state index contributed by atoms with van der Waals surface area (Å²) in [4.78, 5) is 58.4. The number of carbonyl (C=O) groups is 4. The number of ether oxygens (including phenoxy) is 1. The lowest BCUT2D eigenvalue weighted by Crippen LogP contribution is -2.46. The predicted octanol–water partition coefficient (Wildman–Crippen LogP) is 5.71. The van der Waals surface area contributed by atoms with E-state index in [1.165, 1.54) is 27.2 Å². The van der Waals surface area contributed by atoms with E-state index in [0.29, 0.717) is 16.1 Å². The van der Waals surface area contributed by atoms with Crippen LogP contribution in [0.3, 0.4) is 0 Å². The molecule has 2 aromatic rings. The lowest BCUT2D eigenvalue weighted by atomic mass is 9.59. The summed E-state index contributed by atoms with van der Waals surface area (Å²) in [6, 6.07) is 4.83. The molecule has 1 N–H and O–H groups in total. The average Bonchev–Trinajstić information content (AvgIpc) is 3.24. The number of halogens is 5. The number of nitrogens with zero attached hydrogens (tertiary/aromatic N) is 3. The van der Waals surface area contributed by atoms with Crippen molar-refractivity contribution in [2.24, 2.45) is 17.8 Å². The molecule has 4 aliphatic rings. The second-order valence-electron chi connectivity index (χ2n) is 11.3. The number of allylic oxidation sites excluding steroid dienone is 6. The summed E-state index contributed by atoms with van der Waals surface area (Å²) >= 11 is 9.60. The standard InChI is InChI=1S/C31H24BrClF3N3O6/c1-12-8-20(40)17-11-16-14(23(25(17)26(12)41)18-9-13(32)10-21(45-3)27(18)42)4-5-15-24(16)30(44)39(29(15)43)38(2)28-19(33)6-7-22(37-28)31(34,35)36/h4,6-10,15-16,23-24,42H,5,11H2,1-3H3. The topological polar surface area (TPSA) is 117 Å². The highest BCUT2D eigenvalue weighted by Gasteiger charge is 2.58. The monoisotopic (exact) mass is 705 g/mol. The Labute approximate surface area is 268 Å². The summed E-state index contributed by atoms with van der Waals surface area (Å²) in [5.41, 5.74) is 0.167. The zero-order chi connectivity index (χ0) is 32.7. The van der Waals surface area contributed by atoms with E-state index >= 15 is 0 Å². The average molecular weight is 707 g/mol. The van der Waals surface area contributed by atoms with E-state index in [1.54, 1.807) is 18.2 Å². The number of rotatable bonds is 4. The number of phenolic OH excluding ortho intramolecular Hbond substituents is 1. The molecule has 0 saturated carbocycles. The second kappa shape index (κ2) is 10.8. The number of Topliss-reactive ketones (excluding diaryl/α,β-unsaturated/α-hetero) is 1. The fraction of sp³-hybridized carbons (Fsp3) is 0.323. The molecule has 2 heterocycles. The largest absolute Gasteiger partial charge is 0.504 e. The molecule has 1 fully saturated rings. The van der Waals surface area contributed by atoms with Gasteiger partial charge in [0.05, 0.1) is 24.0 Å². The molecule has 1 aromatic carbocycles. The lowest BCUT2D eigenvalue weighted by molar-refractivity contribution is -0.141. The maximum Gasteiger partial charge on any atom is 0.433 e. The van der Waals surface area contributed by atoms with Crippen molar-refractivity contribution in [2.75, 3.05) is 19.2 Å². The number of carbonyl (C=O) groups excluding carboxylic acids is 4. The molecule has 9 nitrogen and oxygen atoms in total. The molecular weight excluding hydrogens is 683 g/mol. The van der Waals surface area contributed by atoms with Gasteiger partial charge in [0, 0.05) is 39.7 Å². The minimum Gasteiger partial charge on any atom is -0.504 e. The Bertz CT molecular complexity index is 1820. The van der Waals surface area contributed by atoms with Gasteiger partial charge in [0.1, 0.15) is 5.69 Å². The van der Waals surface area contributed by atoms with Gasteiger partial charge >= 0.3 is 6.18 Å². The van der Waals surface area contributed by atoms with Gasteiger partial charge in [-0.05, 0) is 56.0 Å². The van der Waals surface area contributed by atoms with Crippen LogP contribution in [-0.4, -0.2) is 52.6 Å². The Balaban J connectivity index is 1.46. The highest BCUT2D eigenvalue weighted by atomic mass is 79.9. The van der Waals surface area contributed by atoms with Crippen molar-refractivity contribution in [1.82, 2.24) is 9.99 Å². The van der Waals surface area contributed by atoms with E-state index in [4.69, 9.17) is 16.3 Å². The predicted molar refractivity (Wildman–Crippen MR) is 158 cm³/mol. The maximum atomic E-state index is 14.1. The number of benzene rings is 1. The fourth-order valence-corrected chi connectivity index (χ4v) is 7.56. The van der Waals surface area contributed by atoms with Gasteiger partial charge in [-0.15, -0.1) is 0 Å². The SMILES string of the molecule is COc1cc(Br)cc(C2C3=CCC4C(=O)N(N(C)c5nc(C(F)(F)F)ccc5Cl)C(=O)C4C3CC3=C2C(=O)C(C)=CC3=O)c1O. The van der Waals surface area contributed by atoms with Crippen LogP contribution in [0.2, 0.25) is 5.02 Å². The number of fused-ring (bicyclic) bond motifs is 3. The summed E-state index contributed by atoms with van der Waals surface area (Å²) in [6.07, 6.45) is -1.78. The summed E-state index contributed by atoms with van der Waals surface area (Å²) in [7, 11) is 2.59. The number of ketones is 2. The van der Waals surface area contributed by atoms with Crippen molar-refractivity contribution in [3.63, 3.8) is 0 Å². The first-order valence-corrected chi connectivity index (χ1v) is 14.9. The zero-order valence-electron chi connectivity index (χ0n) is 23.9. The van der Waals surface area contributed by atoms with Crippen LogP contribution in [0.4, 0.5) is 19.0 Å². The van der Waals surface area contributed by atoms with E-state index in [9.17, 15) is 37.5 Å². The first-order chi connectivity index (χ1) is 21.1. The molecule has 1 saturated heterocycles. The Hall–Kier alpha value is -3.97. The maximum absolute atomic E-state index is 14.1. The molecule has 14 heteroatoms. The van der Waals surface area contributed by atoms with Gasteiger partial charge in [-0.2, -0.15) is 18.2 Å². The molecule has 3 aliphatic carbocycles. The van der Waals surface area contributed by atoms with E-state index in [1.807, 2.05) is 0 Å². The van der Waals surface area contributed by atoms with Gasteiger partial charge in [0.25, 0.3) is 11.8 Å². The number of hydrogen-bond acceptors (Lipinski definition) is 8. The summed E-state index contributed by atoms with van der Waals surface area (Å²) in [5.74, 6) is -6.37. The van der Waals surface area contributed by atoms with Crippen LogP contribution in [0.25, 0.3) is 0 Å². The van der Waals surface area contributed by atoms with Crippen molar-refractivity contribution in [2.45, 2.75) is 31.9 Å². The Morgan fingerprint density at radius 1 is 1.13 bits per heavy atom. The third-order valence-corrected chi connectivity index (χ3v) is 9.62. The smallest absolute Gasteiger partial charge is 0.433 e. The minimum atomic E-state index is -4.80. The quantitative estimate of drug-likeness (QED) is 0.244. The molecule has 6 rings (SSSR count). The number of imide groups is 1. The van der Waals surface area contributed by atoms with Gasteiger partial charge in [-0.1, -0.05) is 39.2 Å². The first kappa shape index (κ1) is 31.0. The summed E-state index contributed by atoms with van der Waals surface area (Å²) in [6.45, 7) is 1.53. The number of hydrogen-bond donors (Lipinski definition) is 1. The third kappa shape index (κ3) is 4.78. The first-order valence-electron chi connectivity index (χ1n) is 13.8. The molecule has 4 atom stereocenters. The van der Waals surface area contributed by atoms with E-state index < -0.39 is 59.0 Å². The molecular formula is C31H24BrClF3N3O6. The second-order valence-corrected chi connectivity index (χ2v) is 12.6. The van der Waals surface area contributed by atoms with Crippen LogP contribution in [0.1, 0.15) is 36.9 Å². The molecule has 0 spiro atoms. The Kier molecular flexibility index (Phi) is 7.47. The summed E-state index contributed by atoms with van der Waals surface area (Å²) in [5, 5.41) is 12.7. The van der Waals surface area contributed by atoms with Crippen molar-refractivity contribution >= 4 is 56.7 Å². The van der Waals surface area contributed by atoms with Crippen molar-refractivity contribution < 1.29 is 42.2 Å². The van der Waals surface area contributed by atoms with E-state index in [0.717, 1.165) is 16.1 Å². The van der Waals surface area contributed by atoms with Crippen LogP contribution in [-0.2, 0) is 25.4 Å². The summed E-state index contributed by atoms with van der Waals surface area (Å²) < 4.78 is 46.2. The fourth-order valence-electron chi connectivity index (χ4n) is 6.88. The van der Waals surface area contributed by atoms with Crippen molar-refractivity contribution in [1.29, 1.82) is 0 Å². The number of hydrazine groups is 1. The van der Waals surface area contributed by atoms with Crippen LogP contribution in [0.5, 0.6) is 11.5 Å². The molecule has 4 unspecified atom stereocenters. The molecule has 0 bridgehead atoms. The highest BCUT2D eigenvalue weighted by Crippen LogP contribution is 2.57. The van der Waals surface area contributed by atoms with Gasteiger partial charge in [-0.25, -0.2) is 4.98 Å². The number of pyridine rings is 1. The van der Waals surface area contributed by atoms with Crippen LogP contribution in [0, 0.1) is 17.8 Å². The lowest BCUT2D eigenvalue weighted by Gasteiger charge is -2.42. The Morgan fingerprint density at radius 3 is 2.51 bits per heavy atom.